The summed E-state index contributed by atoms with van der Waals surface area (Å²) in [5, 5.41) is 2.78. The van der Waals surface area contributed by atoms with Crippen LogP contribution in [0.1, 0.15) is 47.2 Å². The number of nitrogens with one attached hydrogen (secondary N) is 1. The molecule has 1 saturated carbocycles. The number of hydrogen-bond acceptors (Lipinski definition) is 4. The molecule has 3 heterocycles. The molecule has 2 fully saturated rings. The van der Waals surface area contributed by atoms with Gasteiger partial charge >= 0.3 is 6.03 Å². The van der Waals surface area contributed by atoms with E-state index in [9.17, 15) is 19.2 Å². The van der Waals surface area contributed by atoms with Crippen molar-refractivity contribution in [3.8, 4) is 11.4 Å². The van der Waals surface area contributed by atoms with Gasteiger partial charge in [-0.15, -0.1) is 0 Å². The van der Waals surface area contributed by atoms with E-state index in [1.54, 1.807) is 33.8 Å². The maximum atomic E-state index is 13.5. The van der Waals surface area contributed by atoms with Crippen molar-refractivity contribution in [3.05, 3.63) is 69.4 Å². The van der Waals surface area contributed by atoms with E-state index in [1.807, 2.05) is 51.2 Å². The van der Waals surface area contributed by atoms with Crippen LogP contribution < -0.4 is 10.9 Å². The molecule has 9 heteroatoms. The summed E-state index contributed by atoms with van der Waals surface area (Å²) in [7, 11) is 1.82. The zero-order valence-corrected chi connectivity index (χ0v) is 20.6. The van der Waals surface area contributed by atoms with Crippen LogP contribution in [-0.4, -0.2) is 48.6 Å². The average Bonchev–Trinajstić information content (AvgIpc) is 3.57. The second kappa shape index (κ2) is 7.83. The number of aryl methyl sites for hydroxylation is 1. The van der Waals surface area contributed by atoms with Gasteiger partial charge in [0.25, 0.3) is 11.5 Å². The minimum Gasteiger partial charge on any atom is -0.323 e. The van der Waals surface area contributed by atoms with Gasteiger partial charge in [0.1, 0.15) is 11.2 Å². The third-order valence-corrected chi connectivity index (χ3v) is 7.48. The second-order valence-corrected chi connectivity index (χ2v) is 9.75. The number of ketones is 1. The first-order valence-corrected chi connectivity index (χ1v) is 11.8. The Morgan fingerprint density at radius 1 is 1.06 bits per heavy atom. The average molecular weight is 476 g/mol. The fraction of sp³-hybridized carbons (Fsp3) is 0.385. The molecule has 35 heavy (non-hydrogen) atoms. The summed E-state index contributed by atoms with van der Waals surface area (Å²) < 4.78 is 5.17. The van der Waals surface area contributed by atoms with Gasteiger partial charge in [-0.25, -0.2) is 9.48 Å². The fourth-order valence-electron chi connectivity index (χ4n) is 5.23. The van der Waals surface area contributed by atoms with Crippen LogP contribution in [0.15, 0.2) is 41.2 Å². The SMILES string of the molecule is Cc1cc(C(=O)CN2C(=O)N[C@@](C)(C3CC3)C2=O)c(C)n1-c1c(C)n(C)n(-c2ccccc2)c1=O. The van der Waals surface area contributed by atoms with Gasteiger partial charge in [0, 0.05) is 24.0 Å². The molecule has 1 aromatic carbocycles. The molecule has 3 amide bonds. The van der Waals surface area contributed by atoms with Gasteiger partial charge in [-0.05, 0) is 64.7 Å². The van der Waals surface area contributed by atoms with Gasteiger partial charge in [-0.1, -0.05) is 18.2 Å². The Balaban J connectivity index is 1.50. The highest BCUT2D eigenvalue weighted by Gasteiger charge is 2.56. The maximum Gasteiger partial charge on any atom is 0.325 e. The van der Waals surface area contributed by atoms with Crippen molar-refractivity contribution < 1.29 is 14.4 Å². The molecule has 1 atom stereocenters. The van der Waals surface area contributed by atoms with E-state index in [-0.39, 0.29) is 29.7 Å². The highest BCUT2D eigenvalue weighted by Crippen LogP contribution is 2.42. The molecular formula is C26H29N5O4. The number of para-hydroxylation sites is 1. The summed E-state index contributed by atoms with van der Waals surface area (Å²) >= 11 is 0. The molecule has 1 N–H and O–H groups in total. The molecule has 1 aliphatic carbocycles. The molecule has 2 aliphatic rings. The standard InChI is InChI=1S/C26H29N5O4/c1-15-13-20(21(32)14-29-24(34)26(4,18-11-12-18)27-25(29)35)16(2)30(15)22-17(3)28(5)31(23(22)33)19-9-7-6-8-10-19/h6-10,13,18H,11-12,14H2,1-5H3,(H,27,35)/t26-/m0/s1. The molecule has 2 aromatic heterocycles. The Bertz CT molecular complexity index is 1440. The monoisotopic (exact) mass is 475 g/mol. The van der Waals surface area contributed by atoms with Gasteiger partial charge in [0.2, 0.25) is 0 Å². The summed E-state index contributed by atoms with van der Waals surface area (Å²) in [5.74, 6) is -0.571. The molecule has 9 nitrogen and oxygen atoms in total. The zero-order valence-electron chi connectivity index (χ0n) is 20.6. The molecule has 1 aliphatic heterocycles. The Hall–Kier alpha value is -3.88. The predicted octanol–water partition coefficient (Wildman–Crippen LogP) is 2.80. The minimum atomic E-state index is -0.933. The lowest BCUT2D eigenvalue weighted by atomic mass is 9.96. The molecule has 0 spiro atoms. The largest absolute Gasteiger partial charge is 0.325 e. The van der Waals surface area contributed by atoms with Crippen LogP contribution in [0.4, 0.5) is 4.79 Å². The van der Waals surface area contributed by atoms with E-state index in [0.717, 1.165) is 34.8 Å². The smallest absolute Gasteiger partial charge is 0.323 e. The molecule has 182 valence electrons. The minimum absolute atomic E-state index is 0.122. The lowest BCUT2D eigenvalue weighted by molar-refractivity contribution is -0.131. The van der Waals surface area contributed by atoms with Crippen LogP contribution in [-0.2, 0) is 11.8 Å². The van der Waals surface area contributed by atoms with Crippen molar-refractivity contribution in [1.82, 2.24) is 24.1 Å². The Kier molecular flexibility index (Phi) is 5.12. The predicted molar refractivity (Wildman–Crippen MR) is 130 cm³/mol. The van der Waals surface area contributed by atoms with Crippen molar-refractivity contribution in [2.45, 2.75) is 46.1 Å². The van der Waals surface area contributed by atoms with E-state index in [1.165, 1.54) is 0 Å². The summed E-state index contributed by atoms with van der Waals surface area (Å²) in [4.78, 5) is 53.3. The molecule has 0 unspecified atom stereocenters. The fourth-order valence-corrected chi connectivity index (χ4v) is 5.23. The van der Waals surface area contributed by atoms with Gasteiger partial charge in [-0.2, -0.15) is 0 Å². The van der Waals surface area contributed by atoms with Crippen LogP contribution in [0.3, 0.4) is 0 Å². The summed E-state index contributed by atoms with van der Waals surface area (Å²) in [6.07, 6.45) is 1.78. The first-order chi connectivity index (χ1) is 16.6. The van der Waals surface area contributed by atoms with Crippen molar-refractivity contribution in [1.29, 1.82) is 0 Å². The zero-order chi connectivity index (χ0) is 25.2. The third kappa shape index (κ3) is 3.37. The van der Waals surface area contributed by atoms with Gasteiger partial charge in [0.15, 0.2) is 5.78 Å². The highest BCUT2D eigenvalue weighted by atomic mass is 16.2. The van der Waals surface area contributed by atoms with Gasteiger partial charge < -0.3 is 9.88 Å². The molecular weight excluding hydrogens is 446 g/mol. The second-order valence-electron chi connectivity index (χ2n) is 9.75. The molecule has 3 aromatic rings. The van der Waals surface area contributed by atoms with Crippen LogP contribution in [0, 0.1) is 26.7 Å². The lowest BCUT2D eigenvalue weighted by Gasteiger charge is -2.20. The number of carbonyl (C=O) groups is 3. The first-order valence-electron chi connectivity index (χ1n) is 11.8. The number of hydrogen-bond donors (Lipinski definition) is 1. The number of benzene rings is 1. The van der Waals surface area contributed by atoms with Crippen LogP contribution >= 0.6 is 0 Å². The topological polar surface area (TPSA) is 98.3 Å². The number of urea groups is 1. The Morgan fingerprint density at radius 3 is 2.34 bits per heavy atom. The van der Waals surface area contributed by atoms with Crippen LogP contribution in [0.5, 0.6) is 0 Å². The number of Topliss-reactive ketones (excluding diaryl/α,β-unsaturated/α-hetero) is 1. The number of rotatable bonds is 6. The number of carbonyl (C=O) groups excluding carboxylic acids is 3. The van der Waals surface area contributed by atoms with Crippen molar-refractivity contribution in [2.24, 2.45) is 13.0 Å². The Morgan fingerprint density at radius 2 is 1.71 bits per heavy atom. The van der Waals surface area contributed by atoms with Crippen molar-refractivity contribution in [2.75, 3.05) is 6.54 Å². The van der Waals surface area contributed by atoms with E-state index < -0.39 is 11.6 Å². The van der Waals surface area contributed by atoms with Gasteiger partial charge in [0.05, 0.1) is 17.9 Å². The van der Waals surface area contributed by atoms with Crippen molar-refractivity contribution >= 4 is 17.7 Å². The summed E-state index contributed by atoms with van der Waals surface area (Å²) in [6, 6.07) is 10.5. The van der Waals surface area contributed by atoms with Crippen molar-refractivity contribution in [3.63, 3.8) is 0 Å². The Labute approximate surface area is 202 Å². The quantitative estimate of drug-likeness (QED) is 0.438. The number of aromatic nitrogens is 3. The van der Waals surface area contributed by atoms with E-state index >= 15 is 0 Å². The molecule has 5 rings (SSSR count). The lowest BCUT2D eigenvalue weighted by Crippen LogP contribution is -2.46. The number of imide groups is 1. The molecule has 0 radical (unpaired) electrons. The first kappa shape index (κ1) is 22.9. The van der Waals surface area contributed by atoms with Gasteiger partial charge in [-0.3, -0.25) is 24.0 Å². The summed E-state index contributed by atoms with van der Waals surface area (Å²) in [6.45, 7) is 6.87. The highest BCUT2D eigenvalue weighted by molar-refractivity contribution is 6.11. The number of amides is 3. The van der Waals surface area contributed by atoms with Crippen LogP contribution in [0.25, 0.3) is 11.4 Å². The normalized spacial score (nSPS) is 20.0. The van der Waals surface area contributed by atoms with E-state index in [0.29, 0.717) is 16.9 Å². The third-order valence-electron chi connectivity index (χ3n) is 7.48. The number of nitrogens with zero attached hydrogens (tertiary/aromatic N) is 4. The maximum absolute atomic E-state index is 13.5. The van der Waals surface area contributed by atoms with E-state index in [2.05, 4.69) is 5.32 Å². The molecule has 1 saturated heterocycles. The van der Waals surface area contributed by atoms with E-state index in [4.69, 9.17) is 0 Å². The summed E-state index contributed by atoms with van der Waals surface area (Å²) in [5.41, 5.74) is 2.51. The van der Waals surface area contributed by atoms with Crippen LogP contribution in [0.2, 0.25) is 0 Å². The molecule has 0 bridgehead atoms.